The number of carbonyl (C=O) groups excluding carboxylic acids is 1. The molecule has 2 heterocycles. The summed E-state index contributed by atoms with van der Waals surface area (Å²) in [5, 5.41) is 3.65. The fraction of sp³-hybridized carbons (Fsp3) is 0.318. The lowest BCUT2D eigenvalue weighted by Crippen LogP contribution is -2.30. The highest BCUT2D eigenvalue weighted by Gasteiger charge is 2.39. The molecule has 27 heavy (non-hydrogen) atoms. The Morgan fingerprint density at radius 1 is 1.22 bits per heavy atom. The lowest BCUT2D eigenvalue weighted by Gasteiger charge is -2.38. The number of hydrogen-bond acceptors (Lipinski definition) is 5. The van der Waals surface area contributed by atoms with Crippen molar-refractivity contribution in [2.24, 2.45) is 5.92 Å². The highest BCUT2D eigenvalue weighted by molar-refractivity contribution is 5.97. The second-order valence-corrected chi connectivity index (χ2v) is 7.08. The molecule has 0 spiro atoms. The minimum Gasteiger partial charge on any atom is -0.462 e. The van der Waals surface area contributed by atoms with Crippen molar-refractivity contribution >= 4 is 11.7 Å². The summed E-state index contributed by atoms with van der Waals surface area (Å²) in [5.41, 5.74) is 3.78. The normalized spacial score (nSPS) is 24.1. The molecule has 5 heteroatoms. The molecule has 2 aromatic carbocycles. The molecular formula is C22H21NO4. The van der Waals surface area contributed by atoms with E-state index in [1.165, 1.54) is 0 Å². The maximum Gasteiger partial charge on any atom is 0.340 e. The maximum atomic E-state index is 12.5. The van der Waals surface area contributed by atoms with E-state index in [1.54, 1.807) is 0 Å². The average Bonchev–Trinajstić information content (AvgIpc) is 3.36. The average molecular weight is 363 g/mol. The first-order valence-electron chi connectivity index (χ1n) is 9.39. The summed E-state index contributed by atoms with van der Waals surface area (Å²) in [4.78, 5) is 12.5. The zero-order chi connectivity index (χ0) is 18.4. The minimum absolute atomic E-state index is 0.0857. The van der Waals surface area contributed by atoms with Crippen LogP contribution in [0.3, 0.4) is 0 Å². The van der Waals surface area contributed by atoms with E-state index in [1.807, 2.05) is 31.2 Å². The van der Waals surface area contributed by atoms with Gasteiger partial charge in [0.05, 0.1) is 23.9 Å². The summed E-state index contributed by atoms with van der Waals surface area (Å²) in [6.45, 7) is 2.45. The highest BCUT2D eigenvalue weighted by Crippen LogP contribution is 2.51. The fourth-order valence-electron chi connectivity index (χ4n) is 4.44. The number of anilines is 1. The third-order valence-corrected chi connectivity index (χ3v) is 5.65. The molecule has 3 aliphatic rings. The van der Waals surface area contributed by atoms with Crippen molar-refractivity contribution in [3.05, 3.63) is 65.2 Å². The SMILES string of the molecule is CCOC(=O)c1cccc2c1N[C@@H](c1ccc3c(c1)OCO3)[C@H]1CC=C[C@@H]21. The van der Waals surface area contributed by atoms with Crippen LogP contribution < -0.4 is 14.8 Å². The third kappa shape index (κ3) is 2.57. The molecule has 0 saturated heterocycles. The van der Waals surface area contributed by atoms with E-state index in [-0.39, 0.29) is 24.7 Å². The molecule has 0 aromatic heterocycles. The zero-order valence-corrected chi connectivity index (χ0v) is 15.1. The number of ether oxygens (including phenoxy) is 3. The Hall–Kier alpha value is -2.95. The number of carbonyl (C=O) groups is 1. The number of rotatable bonds is 3. The van der Waals surface area contributed by atoms with E-state index >= 15 is 0 Å². The highest BCUT2D eigenvalue weighted by atomic mass is 16.7. The molecule has 138 valence electrons. The molecular weight excluding hydrogens is 342 g/mol. The second-order valence-electron chi connectivity index (χ2n) is 7.08. The summed E-state index contributed by atoms with van der Waals surface area (Å²) < 4.78 is 16.3. The molecule has 0 fully saturated rings. The second kappa shape index (κ2) is 6.34. The van der Waals surface area contributed by atoms with Crippen LogP contribution in [0.4, 0.5) is 5.69 Å². The van der Waals surface area contributed by atoms with Crippen LogP contribution in [0.2, 0.25) is 0 Å². The van der Waals surface area contributed by atoms with E-state index in [2.05, 4.69) is 29.6 Å². The van der Waals surface area contributed by atoms with Crippen molar-refractivity contribution in [1.29, 1.82) is 0 Å². The van der Waals surface area contributed by atoms with Gasteiger partial charge < -0.3 is 19.5 Å². The van der Waals surface area contributed by atoms with Crippen molar-refractivity contribution in [3.63, 3.8) is 0 Å². The zero-order valence-electron chi connectivity index (χ0n) is 15.1. The molecule has 3 atom stereocenters. The predicted octanol–water partition coefficient (Wildman–Crippen LogP) is 4.42. The first kappa shape index (κ1) is 16.2. The summed E-state index contributed by atoms with van der Waals surface area (Å²) in [5.74, 6) is 1.96. The van der Waals surface area contributed by atoms with Crippen molar-refractivity contribution in [1.82, 2.24) is 0 Å². The van der Waals surface area contributed by atoms with Gasteiger partial charge in [0.2, 0.25) is 6.79 Å². The monoisotopic (exact) mass is 363 g/mol. The topological polar surface area (TPSA) is 56.8 Å². The van der Waals surface area contributed by atoms with Gasteiger partial charge in [-0.15, -0.1) is 0 Å². The molecule has 1 N–H and O–H groups in total. The minimum atomic E-state index is -0.285. The molecule has 0 radical (unpaired) electrons. The van der Waals surface area contributed by atoms with Gasteiger partial charge in [-0.1, -0.05) is 30.4 Å². The van der Waals surface area contributed by atoms with Crippen molar-refractivity contribution in [3.8, 4) is 11.5 Å². The van der Waals surface area contributed by atoms with Gasteiger partial charge in [0, 0.05) is 5.92 Å². The van der Waals surface area contributed by atoms with Crippen LogP contribution in [0.25, 0.3) is 0 Å². The number of fused-ring (bicyclic) bond motifs is 4. The fourth-order valence-corrected chi connectivity index (χ4v) is 4.44. The number of allylic oxidation sites excluding steroid dienone is 2. The Morgan fingerprint density at radius 2 is 2.11 bits per heavy atom. The molecule has 0 bridgehead atoms. The smallest absolute Gasteiger partial charge is 0.340 e. The molecule has 0 amide bonds. The molecule has 0 saturated carbocycles. The molecule has 5 rings (SSSR count). The van der Waals surface area contributed by atoms with E-state index < -0.39 is 0 Å². The Balaban J connectivity index is 1.58. The van der Waals surface area contributed by atoms with E-state index in [0.717, 1.165) is 34.7 Å². The first-order chi connectivity index (χ1) is 13.3. The molecule has 5 nitrogen and oxygen atoms in total. The van der Waals surface area contributed by atoms with Crippen molar-refractivity contribution in [2.45, 2.75) is 25.3 Å². The van der Waals surface area contributed by atoms with Crippen LogP contribution in [0.5, 0.6) is 11.5 Å². The Labute approximate surface area is 157 Å². The van der Waals surface area contributed by atoms with Crippen LogP contribution in [-0.4, -0.2) is 19.4 Å². The lowest BCUT2D eigenvalue weighted by atomic mass is 9.76. The van der Waals surface area contributed by atoms with Crippen LogP contribution in [0.1, 0.15) is 46.8 Å². The van der Waals surface area contributed by atoms with Crippen molar-refractivity contribution in [2.75, 3.05) is 18.7 Å². The van der Waals surface area contributed by atoms with Crippen LogP contribution >= 0.6 is 0 Å². The Kier molecular flexibility index (Phi) is 3.81. The van der Waals surface area contributed by atoms with E-state index in [4.69, 9.17) is 14.2 Å². The number of para-hydroxylation sites is 1. The summed E-state index contributed by atoms with van der Waals surface area (Å²) in [6, 6.07) is 12.1. The van der Waals surface area contributed by atoms with E-state index in [9.17, 15) is 4.79 Å². The number of esters is 1. The van der Waals surface area contributed by atoms with Gasteiger partial charge in [0.25, 0.3) is 0 Å². The van der Waals surface area contributed by atoms with Gasteiger partial charge in [0.1, 0.15) is 0 Å². The molecule has 0 unspecified atom stereocenters. The van der Waals surface area contributed by atoms with E-state index in [0.29, 0.717) is 18.1 Å². The number of hydrogen-bond donors (Lipinski definition) is 1. The largest absolute Gasteiger partial charge is 0.462 e. The summed E-state index contributed by atoms with van der Waals surface area (Å²) in [6.07, 6.45) is 5.50. The van der Waals surface area contributed by atoms with Gasteiger partial charge in [-0.2, -0.15) is 0 Å². The lowest BCUT2D eigenvalue weighted by molar-refractivity contribution is 0.0527. The quantitative estimate of drug-likeness (QED) is 0.646. The van der Waals surface area contributed by atoms with Gasteiger partial charge in [-0.05, 0) is 48.6 Å². The summed E-state index contributed by atoms with van der Waals surface area (Å²) >= 11 is 0. The van der Waals surface area contributed by atoms with Gasteiger partial charge in [0.15, 0.2) is 11.5 Å². The summed E-state index contributed by atoms with van der Waals surface area (Å²) in [7, 11) is 0. The third-order valence-electron chi connectivity index (χ3n) is 5.65. The van der Waals surface area contributed by atoms with Crippen LogP contribution in [-0.2, 0) is 4.74 Å². The van der Waals surface area contributed by atoms with Crippen molar-refractivity contribution < 1.29 is 19.0 Å². The Morgan fingerprint density at radius 3 is 3.00 bits per heavy atom. The molecule has 2 aliphatic heterocycles. The number of benzene rings is 2. The van der Waals surface area contributed by atoms with Crippen LogP contribution in [0.15, 0.2) is 48.6 Å². The Bertz CT molecular complexity index is 936. The molecule has 1 aliphatic carbocycles. The first-order valence-corrected chi connectivity index (χ1v) is 9.39. The maximum absolute atomic E-state index is 12.5. The number of nitrogens with one attached hydrogen (secondary N) is 1. The van der Waals surface area contributed by atoms with Gasteiger partial charge in [-0.25, -0.2) is 4.79 Å². The van der Waals surface area contributed by atoms with Gasteiger partial charge >= 0.3 is 5.97 Å². The molecule has 2 aromatic rings. The van der Waals surface area contributed by atoms with Crippen LogP contribution in [0, 0.1) is 5.92 Å². The predicted molar refractivity (Wildman–Crippen MR) is 101 cm³/mol. The standard InChI is InChI=1S/C22H21NO4/c1-2-25-22(24)17-8-4-7-16-14-5-3-6-15(14)20(23-21(16)17)13-9-10-18-19(11-13)27-12-26-18/h3-5,7-11,14-15,20,23H,2,6,12H2,1H3/t14-,15+,20+/m1/s1. The van der Waals surface area contributed by atoms with Gasteiger partial charge in [-0.3, -0.25) is 0 Å².